The van der Waals surface area contributed by atoms with E-state index >= 15 is 0 Å². The average molecular weight is 305 g/mol. The largest absolute Gasteiger partial charge is 0.398 e. The molecule has 2 N–H and O–H groups in total. The van der Waals surface area contributed by atoms with Gasteiger partial charge in [0.1, 0.15) is 0 Å². The van der Waals surface area contributed by atoms with Gasteiger partial charge in [-0.15, -0.1) is 0 Å². The summed E-state index contributed by atoms with van der Waals surface area (Å²) < 4.78 is 1.02. The standard InChI is InChI=1S/C15H17BrN2/c1-18(10-12-5-3-2-4-6-12)11-13-7-8-14(16)9-15(13)17/h2-9H,10-11,17H2,1H3. The van der Waals surface area contributed by atoms with E-state index in [0.29, 0.717) is 0 Å². The van der Waals surface area contributed by atoms with Crippen LogP contribution in [0.1, 0.15) is 11.1 Å². The first-order valence-corrected chi connectivity index (χ1v) is 6.71. The summed E-state index contributed by atoms with van der Waals surface area (Å²) in [6.07, 6.45) is 0. The third-order valence-electron chi connectivity index (χ3n) is 2.84. The van der Waals surface area contributed by atoms with Gasteiger partial charge in [0.15, 0.2) is 0 Å². The van der Waals surface area contributed by atoms with Gasteiger partial charge in [-0.05, 0) is 30.3 Å². The van der Waals surface area contributed by atoms with Crippen LogP contribution in [0.15, 0.2) is 53.0 Å². The molecule has 3 heteroatoms. The number of nitrogen functional groups attached to an aromatic ring is 1. The number of nitrogens with two attached hydrogens (primary N) is 1. The molecule has 0 fully saturated rings. The number of halogens is 1. The zero-order valence-electron chi connectivity index (χ0n) is 10.4. The van der Waals surface area contributed by atoms with Gasteiger partial charge in [0.25, 0.3) is 0 Å². The van der Waals surface area contributed by atoms with E-state index in [1.165, 1.54) is 5.56 Å². The molecule has 0 saturated carbocycles. The maximum atomic E-state index is 6.01. The van der Waals surface area contributed by atoms with Crippen molar-refractivity contribution in [2.24, 2.45) is 0 Å². The Morgan fingerprint density at radius 2 is 1.78 bits per heavy atom. The van der Waals surface area contributed by atoms with Crippen molar-refractivity contribution in [1.82, 2.24) is 4.90 Å². The van der Waals surface area contributed by atoms with Gasteiger partial charge in [0, 0.05) is 23.2 Å². The Bertz CT molecular complexity index is 511. The maximum Gasteiger partial charge on any atom is 0.0371 e. The van der Waals surface area contributed by atoms with E-state index in [4.69, 9.17) is 5.73 Å². The van der Waals surface area contributed by atoms with E-state index < -0.39 is 0 Å². The number of rotatable bonds is 4. The lowest BCUT2D eigenvalue weighted by molar-refractivity contribution is 0.319. The van der Waals surface area contributed by atoms with Crippen molar-refractivity contribution >= 4 is 21.6 Å². The van der Waals surface area contributed by atoms with Crippen molar-refractivity contribution in [3.8, 4) is 0 Å². The molecule has 2 aromatic rings. The first-order valence-electron chi connectivity index (χ1n) is 5.91. The van der Waals surface area contributed by atoms with Crippen LogP contribution < -0.4 is 5.73 Å². The number of nitrogens with zero attached hydrogens (tertiary/aromatic N) is 1. The van der Waals surface area contributed by atoms with E-state index in [1.807, 2.05) is 18.2 Å². The highest BCUT2D eigenvalue weighted by molar-refractivity contribution is 9.10. The topological polar surface area (TPSA) is 29.3 Å². The molecule has 0 spiro atoms. The van der Waals surface area contributed by atoms with Crippen LogP contribution in [0.3, 0.4) is 0 Å². The lowest BCUT2D eigenvalue weighted by Crippen LogP contribution is -2.18. The first-order chi connectivity index (χ1) is 8.65. The highest BCUT2D eigenvalue weighted by atomic mass is 79.9. The fraction of sp³-hybridized carbons (Fsp3) is 0.200. The van der Waals surface area contributed by atoms with Crippen LogP contribution >= 0.6 is 15.9 Å². The summed E-state index contributed by atoms with van der Waals surface area (Å²) in [4.78, 5) is 2.26. The SMILES string of the molecule is CN(Cc1ccccc1)Cc1ccc(Br)cc1N. The van der Waals surface area contributed by atoms with Gasteiger partial charge in [-0.25, -0.2) is 0 Å². The van der Waals surface area contributed by atoms with E-state index in [9.17, 15) is 0 Å². The van der Waals surface area contributed by atoms with Crippen LogP contribution in [0.4, 0.5) is 5.69 Å². The van der Waals surface area contributed by atoms with Crippen LogP contribution in [-0.4, -0.2) is 11.9 Å². The van der Waals surface area contributed by atoms with E-state index in [-0.39, 0.29) is 0 Å². The quantitative estimate of drug-likeness (QED) is 0.873. The Morgan fingerprint density at radius 3 is 2.44 bits per heavy atom. The van der Waals surface area contributed by atoms with Crippen molar-refractivity contribution in [2.75, 3.05) is 12.8 Å². The smallest absolute Gasteiger partial charge is 0.0371 e. The average Bonchev–Trinajstić information content (AvgIpc) is 2.34. The third-order valence-corrected chi connectivity index (χ3v) is 3.34. The predicted molar refractivity (Wildman–Crippen MR) is 80.2 cm³/mol. The summed E-state index contributed by atoms with van der Waals surface area (Å²) in [7, 11) is 2.11. The van der Waals surface area contributed by atoms with Gasteiger partial charge >= 0.3 is 0 Å². The van der Waals surface area contributed by atoms with Crippen molar-refractivity contribution in [2.45, 2.75) is 13.1 Å². The summed E-state index contributed by atoms with van der Waals surface area (Å²) in [5, 5.41) is 0. The van der Waals surface area contributed by atoms with Gasteiger partial charge in [-0.3, -0.25) is 4.90 Å². The zero-order chi connectivity index (χ0) is 13.0. The Kier molecular flexibility index (Phi) is 4.39. The molecule has 0 atom stereocenters. The highest BCUT2D eigenvalue weighted by Crippen LogP contribution is 2.20. The summed E-state index contributed by atoms with van der Waals surface area (Å²) in [6, 6.07) is 16.5. The van der Waals surface area contributed by atoms with E-state index in [1.54, 1.807) is 0 Å². The molecule has 0 aromatic heterocycles. The molecule has 2 rings (SSSR count). The molecule has 2 aromatic carbocycles. The molecular formula is C15H17BrN2. The van der Waals surface area contributed by atoms with Crippen LogP contribution in [0.2, 0.25) is 0 Å². The normalized spacial score (nSPS) is 10.8. The van der Waals surface area contributed by atoms with Crippen LogP contribution in [0, 0.1) is 0 Å². The lowest BCUT2D eigenvalue weighted by Gasteiger charge is -2.18. The molecule has 2 nitrogen and oxygen atoms in total. The Balaban J connectivity index is 2.01. The van der Waals surface area contributed by atoms with E-state index in [0.717, 1.165) is 28.8 Å². The molecule has 0 aliphatic carbocycles. The molecule has 0 aliphatic rings. The molecule has 0 bridgehead atoms. The minimum atomic E-state index is 0.837. The van der Waals surface area contributed by atoms with Crippen molar-refractivity contribution in [3.05, 3.63) is 64.1 Å². The molecule has 0 heterocycles. The van der Waals surface area contributed by atoms with Gasteiger partial charge in [-0.2, -0.15) is 0 Å². The minimum absolute atomic E-state index is 0.837. The number of hydrogen-bond acceptors (Lipinski definition) is 2. The second-order valence-corrected chi connectivity index (χ2v) is 5.42. The van der Waals surface area contributed by atoms with Crippen molar-refractivity contribution in [1.29, 1.82) is 0 Å². The first kappa shape index (κ1) is 13.1. The van der Waals surface area contributed by atoms with Crippen molar-refractivity contribution < 1.29 is 0 Å². The van der Waals surface area contributed by atoms with Gasteiger partial charge in [0.05, 0.1) is 0 Å². The zero-order valence-corrected chi connectivity index (χ0v) is 12.0. The lowest BCUT2D eigenvalue weighted by atomic mass is 10.1. The van der Waals surface area contributed by atoms with Crippen LogP contribution in [-0.2, 0) is 13.1 Å². The predicted octanol–water partition coefficient (Wildman–Crippen LogP) is 3.66. The Hall–Kier alpha value is -1.32. The van der Waals surface area contributed by atoms with Gasteiger partial charge in [0.2, 0.25) is 0 Å². The number of hydrogen-bond donors (Lipinski definition) is 1. The summed E-state index contributed by atoms with van der Waals surface area (Å²) in [6.45, 7) is 1.78. The highest BCUT2D eigenvalue weighted by Gasteiger charge is 2.05. The van der Waals surface area contributed by atoms with Gasteiger partial charge in [-0.1, -0.05) is 52.3 Å². The fourth-order valence-corrected chi connectivity index (χ4v) is 2.33. The van der Waals surface area contributed by atoms with Crippen LogP contribution in [0.25, 0.3) is 0 Å². The summed E-state index contributed by atoms with van der Waals surface area (Å²) in [5.74, 6) is 0. The molecule has 94 valence electrons. The second kappa shape index (κ2) is 6.03. The fourth-order valence-electron chi connectivity index (χ4n) is 1.95. The number of anilines is 1. The summed E-state index contributed by atoms with van der Waals surface area (Å²) >= 11 is 3.42. The number of benzene rings is 2. The van der Waals surface area contributed by atoms with Crippen molar-refractivity contribution in [3.63, 3.8) is 0 Å². The molecule has 0 saturated heterocycles. The second-order valence-electron chi connectivity index (χ2n) is 4.50. The molecule has 0 radical (unpaired) electrons. The summed E-state index contributed by atoms with van der Waals surface area (Å²) in [5.41, 5.74) is 9.32. The molecule has 0 unspecified atom stereocenters. The molecule has 0 amide bonds. The monoisotopic (exact) mass is 304 g/mol. The maximum absolute atomic E-state index is 6.01. The van der Waals surface area contributed by atoms with Gasteiger partial charge < -0.3 is 5.73 Å². The molecule has 0 aliphatic heterocycles. The molecular weight excluding hydrogens is 288 g/mol. The Labute approximate surface area is 117 Å². The van der Waals surface area contributed by atoms with E-state index in [2.05, 4.69) is 58.2 Å². The molecule has 18 heavy (non-hydrogen) atoms. The Morgan fingerprint density at radius 1 is 1.06 bits per heavy atom. The minimum Gasteiger partial charge on any atom is -0.398 e. The van der Waals surface area contributed by atoms with Crippen LogP contribution in [0.5, 0.6) is 0 Å². The third kappa shape index (κ3) is 3.59.